The molecule has 1 fully saturated rings. The van der Waals surface area contributed by atoms with Crippen LogP contribution in [0.4, 0.5) is 9.80 Å². The molecule has 0 unspecified atom stereocenters. The van der Waals surface area contributed by atoms with Gasteiger partial charge in [-0.15, -0.1) is 22.7 Å². The Labute approximate surface area is 182 Å². The minimum Gasteiger partial charge on any atom is -0.450 e. The number of hydrogen-bond donors (Lipinski definition) is 3. The van der Waals surface area contributed by atoms with Crippen LogP contribution in [0.3, 0.4) is 0 Å². The van der Waals surface area contributed by atoms with Crippen LogP contribution in [-0.4, -0.2) is 40.5 Å². The molecule has 0 saturated carbocycles. The highest BCUT2D eigenvalue weighted by molar-refractivity contribution is 7.18. The largest absolute Gasteiger partial charge is 0.503 e. The molecule has 1 spiro atoms. The van der Waals surface area contributed by atoms with E-state index in [1.807, 2.05) is 6.92 Å². The number of thiazole rings is 1. The van der Waals surface area contributed by atoms with Crippen molar-refractivity contribution in [3.8, 4) is 10.6 Å². The third-order valence-corrected chi connectivity index (χ3v) is 7.87. The number of nitrogens with one attached hydrogen (secondary N) is 1. The Bertz CT molecular complexity index is 999. The van der Waals surface area contributed by atoms with E-state index in [4.69, 9.17) is 24.7 Å². The van der Waals surface area contributed by atoms with E-state index in [9.17, 15) is 4.79 Å². The van der Waals surface area contributed by atoms with Gasteiger partial charge in [-0.25, -0.2) is 9.78 Å². The Hall–Kier alpha value is -2.23. The van der Waals surface area contributed by atoms with Gasteiger partial charge in [0.1, 0.15) is 10.0 Å². The van der Waals surface area contributed by atoms with Gasteiger partial charge in [-0.3, -0.25) is 4.79 Å². The van der Waals surface area contributed by atoms with Gasteiger partial charge in [0, 0.05) is 32.5 Å². The first kappa shape index (κ1) is 21.0. The van der Waals surface area contributed by atoms with Crippen LogP contribution in [0.1, 0.15) is 41.8 Å². The fourth-order valence-corrected chi connectivity index (χ4v) is 6.58. The molecule has 0 aromatic carbocycles. The second-order valence-corrected chi connectivity index (χ2v) is 9.99. The van der Waals surface area contributed by atoms with Crippen LogP contribution >= 0.6 is 22.7 Å². The van der Waals surface area contributed by atoms with E-state index < -0.39 is 6.16 Å². The van der Waals surface area contributed by atoms with Crippen molar-refractivity contribution in [2.45, 2.75) is 45.4 Å². The number of carbonyl (C=O) groups excluding carboxylic acids is 1. The number of aromatic nitrogens is 1. The first-order valence-corrected chi connectivity index (χ1v) is 11.6. The number of anilines is 1. The molecular formula is C21H24N2O5S2. The van der Waals surface area contributed by atoms with E-state index in [2.05, 4.69) is 16.8 Å². The van der Waals surface area contributed by atoms with Crippen LogP contribution in [0, 0.1) is 12.3 Å². The van der Waals surface area contributed by atoms with Crippen LogP contribution in [0.25, 0.3) is 10.6 Å². The number of allylic oxidation sites excluding steroid dienone is 1. The summed E-state index contributed by atoms with van der Waals surface area (Å²) in [5.74, 6) is 0.0670. The number of carbonyl (C=O) groups is 2. The van der Waals surface area contributed by atoms with Gasteiger partial charge in [0.25, 0.3) is 5.91 Å². The molecule has 2 aromatic rings. The van der Waals surface area contributed by atoms with E-state index in [0.29, 0.717) is 5.41 Å². The van der Waals surface area contributed by atoms with Crippen LogP contribution in [0.2, 0.25) is 0 Å². The van der Waals surface area contributed by atoms with Crippen LogP contribution in [0.15, 0.2) is 17.0 Å². The highest BCUT2D eigenvalue weighted by Gasteiger charge is 2.43. The zero-order valence-electron chi connectivity index (χ0n) is 16.7. The molecule has 9 heteroatoms. The molecule has 0 atom stereocenters. The van der Waals surface area contributed by atoms with Gasteiger partial charge in [-0.2, -0.15) is 0 Å². The average molecular weight is 449 g/mol. The number of nitrogens with zero attached hydrogens (tertiary/aromatic N) is 1. The van der Waals surface area contributed by atoms with E-state index >= 15 is 0 Å². The molecule has 2 aromatic heterocycles. The lowest BCUT2D eigenvalue weighted by Gasteiger charge is -2.44. The molecule has 3 heterocycles. The highest BCUT2D eigenvalue weighted by Crippen LogP contribution is 2.50. The van der Waals surface area contributed by atoms with Crippen molar-refractivity contribution >= 4 is 39.7 Å². The predicted octanol–water partition coefficient (Wildman–Crippen LogP) is 4.96. The van der Waals surface area contributed by atoms with E-state index in [0.717, 1.165) is 66.6 Å². The maximum Gasteiger partial charge on any atom is 0.503 e. The number of aryl methyl sites for hydroxylation is 1. The number of thiophene rings is 1. The number of rotatable bonds is 3. The number of hydrogen-bond acceptors (Lipinski definition) is 6. The predicted molar refractivity (Wildman–Crippen MR) is 117 cm³/mol. The Morgan fingerprint density at radius 2 is 2.03 bits per heavy atom. The third-order valence-electron chi connectivity index (χ3n) is 5.74. The Morgan fingerprint density at radius 1 is 1.27 bits per heavy atom. The van der Waals surface area contributed by atoms with Gasteiger partial charge in [-0.05, 0) is 51.0 Å². The molecular weight excluding hydrogens is 424 g/mol. The molecule has 1 amide bonds. The minimum absolute atomic E-state index is 0.0670. The molecule has 1 saturated heterocycles. The number of amides is 1. The van der Waals surface area contributed by atoms with Crippen molar-refractivity contribution in [3.63, 3.8) is 0 Å². The summed E-state index contributed by atoms with van der Waals surface area (Å²) in [6.07, 6.45) is 6.55. The van der Waals surface area contributed by atoms with Gasteiger partial charge < -0.3 is 20.3 Å². The second-order valence-electron chi connectivity index (χ2n) is 8.03. The van der Waals surface area contributed by atoms with Crippen LogP contribution < -0.4 is 5.32 Å². The molecule has 30 heavy (non-hydrogen) atoms. The fraction of sp³-hybridized carbons (Fsp3) is 0.476. The summed E-state index contributed by atoms with van der Waals surface area (Å²) in [6, 6.07) is 0. The Morgan fingerprint density at radius 3 is 2.60 bits per heavy atom. The molecule has 2 aliphatic carbocycles. The van der Waals surface area contributed by atoms with Crippen molar-refractivity contribution in [2.24, 2.45) is 5.41 Å². The van der Waals surface area contributed by atoms with E-state index in [1.54, 1.807) is 22.7 Å². The first-order chi connectivity index (χ1) is 14.4. The number of fused-ring (bicyclic) bond motifs is 1. The highest BCUT2D eigenvalue weighted by atomic mass is 32.1. The van der Waals surface area contributed by atoms with Crippen LogP contribution in [-0.2, 0) is 22.4 Å². The van der Waals surface area contributed by atoms with Gasteiger partial charge >= 0.3 is 6.16 Å². The molecule has 0 radical (unpaired) electrons. The third kappa shape index (κ3) is 4.28. The minimum atomic E-state index is -1.83. The maximum atomic E-state index is 12.7. The molecule has 3 N–H and O–H groups in total. The summed E-state index contributed by atoms with van der Waals surface area (Å²) < 4.78 is 5.50. The Kier molecular flexibility index (Phi) is 5.95. The second kappa shape index (κ2) is 8.49. The SMILES string of the molecule is Cc1csc(-c2c(NC(=O)C3=CCCC3)sc3c2CCC2(COC2)C3)n1.O=C(O)O. The summed E-state index contributed by atoms with van der Waals surface area (Å²) in [4.78, 5) is 27.4. The van der Waals surface area contributed by atoms with E-state index in [1.165, 1.54) is 22.4 Å². The molecule has 160 valence electrons. The molecule has 1 aliphatic heterocycles. The summed E-state index contributed by atoms with van der Waals surface area (Å²) in [5, 5.41) is 21.3. The average Bonchev–Trinajstić information content (AvgIpc) is 3.38. The first-order valence-electron chi connectivity index (χ1n) is 9.94. The van der Waals surface area contributed by atoms with Gasteiger partial charge in [0.15, 0.2) is 0 Å². The summed E-state index contributed by atoms with van der Waals surface area (Å²) in [7, 11) is 0. The van der Waals surface area contributed by atoms with Crippen molar-refractivity contribution < 1.29 is 24.5 Å². The zero-order valence-corrected chi connectivity index (χ0v) is 18.3. The number of ether oxygens (including phenoxy) is 1. The van der Waals surface area contributed by atoms with Crippen LogP contribution in [0.5, 0.6) is 0 Å². The van der Waals surface area contributed by atoms with Crippen molar-refractivity contribution in [1.82, 2.24) is 4.98 Å². The standard InChI is InChI=1S/C20H22N2O2S2.CH2O3/c1-12-9-25-18(21-12)16-14-6-7-20(10-24-11-20)8-15(14)26-19(16)22-17(23)13-4-2-3-5-13;2-1(3)4/h4,9H,2-3,5-8,10-11H2,1H3,(H,22,23);(H2,2,3,4). The molecule has 3 aliphatic rings. The molecule has 5 rings (SSSR count). The lowest BCUT2D eigenvalue weighted by molar-refractivity contribution is -0.119. The quantitative estimate of drug-likeness (QED) is 0.613. The van der Waals surface area contributed by atoms with Crippen molar-refractivity contribution in [3.05, 3.63) is 33.2 Å². The topological polar surface area (TPSA) is 109 Å². The monoisotopic (exact) mass is 448 g/mol. The van der Waals surface area contributed by atoms with Gasteiger partial charge in [0.2, 0.25) is 0 Å². The summed E-state index contributed by atoms with van der Waals surface area (Å²) >= 11 is 3.43. The smallest absolute Gasteiger partial charge is 0.450 e. The maximum absolute atomic E-state index is 12.7. The van der Waals surface area contributed by atoms with Gasteiger partial charge in [-0.1, -0.05) is 6.08 Å². The summed E-state index contributed by atoms with van der Waals surface area (Å²) in [6.45, 7) is 3.79. The summed E-state index contributed by atoms with van der Waals surface area (Å²) in [5.41, 5.74) is 4.88. The van der Waals surface area contributed by atoms with E-state index in [-0.39, 0.29) is 5.91 Å². The molecule has 0 bridgehead atoms. The normalized spacial score (nSPS) is 18.6. The fourth-order valence-electron chi connectivity index (χ4n) is 4.22. The zero-order chi connectivity index (χ0) is 21.3. The lowest BCUT2D eigenvalue weighted by atomic mass is 9.72. The number of carboxylic acid groups (broad SMARTS) is 2. The lowest BCUT2D eigenvalue weighted by Crippen LogP contribution is -2.46. The van der Waals surface area contributed by atoms with Gasteiger partial charge in [0.05, 0.1) is 13.2 Å². The molecule has 7 nitrogen and oxygen atoms in total. The van der Waals surface area contributed by atoms with Crippen molar-refractivity contribution in [2.75, 3.05) is 18.5 Å². The van der Waals surface area contributed by atoms with Crippen molar-refractivity contribution in [1.29, 1.82) is 0 Å². The Balaban J connectivity index is 0.000000503.